The first kappa shape index (κ1) is 22.2. The van der Waals surface area contributed by atoms with Crippen LogP contribution in [0.15, 0.2) is 72.8 Å². The zero-order valence-electron chi connectivity index (χ0n) is 19.5. The molecule has 2 atom stereocenters. The molecule has 2 unspecified atom stereocenters. The zero-order chi connectivity index (χ0) is 23.7. The third kappa shape index (κ3) is 4.54. The maximum absolute atomic E-state index is 12.9. The fourth-order valence-electron chi connectivity index (χ4n) is 4.68. The fraction of sp³-hybridized carbons (Fsp3) is 0.286. The van der Waals surface area contributed by atoms with Crippen molar-refractivity contribution in [2.24, 2.45) is 0 Å². The van der Waals surface area contributed by atoms with Crippen LogP contribution in [0.3, 0.4) is 0 Å². The minimum atomic E-state index is -0.721. The van der Waals surface area contributed by atoms with Gasteiger partial charge in [0.1, 0.15) is 24.3 Å². The van der Waals surface area contributed by atoms with Crippen LogP contribution in [0.1, 0.15) is 29.3 Å². The summed E-state index contributed by atoms with van der Waals surface area (Å²) >= 11 is 0. The molecule has 1 N–H and O–H groups in total. The van der Waals surface area contributed by atoms with Crippen molar-refractivity contribution in [2.45, 2.75) is 38.8 Å². The predicted molar refractivity (Wildman–Crippen MR) is 133 cm³/mol. The number of carbonyl (C=O) groups is 1. The number of aryl methyl sites for hydroxylation is 2. The molecule has 3 aromatic carbocycles. The van der Waals surface area contributed by atoms with Gasteiger partial charge in [-0.05, 0) is 61.4 Å². The van der Waals surface area contributed by atoms with Gasteiger partial charge in [-0.3, -0.25) is 4.79 Å². The molecule has 0 radical (unpaired) electrons. The number of nitrogens with zero attached hydrogens (tertiary/aromatic N) is 3. The highest BCUT2D eigenvalue weighted by Crippen LogP contribution is 2.33. The van der Waals surface area contributed by atoms with E-state index in [9.17, 15) is 9.90 Å². The van der Waals surface area contributed by atoms with Crippen molar-refractivity contribution < 1.29 is 14.6 Å². The molecule has 1 aromatic heterocycles. The van der Waals surface area contributed by atoms with Crippen molar-refractivity contribution in [1.82, 2.24) is 9.55 Å². The zero-order valence-corrected chi connectivity index (χ0v) is 19.5. The largest absolute Gasteiger partial charge is 0.491 e. The van der Waals surface area contributed by atoms with Crippen LogP contribution in [0.25, 0.3) is 11.0 Å². The first-order valence-electron chi connectivity index (χ1n) is 11.7. The van der Waals surface area contributed by atoms with E-state index in [2.05, 4.69) is 4.57 Å². The molecule has 5 rings (SSSR count). The molecule has 1 aliphatic heterocycles. The van der Waals surface area contributed by atoms with Gasteiger partial charge in [-0.1, -0.05) is 36.4 Å². The SMILES string of the molecule is Cc1cccc(OCC(O)Cn2c(C3CC(=O)N(c4cccc(C)c4)C3)nc3ccccc32)c1. The smallest absolute Gasteiger partial charge is 0.227 e. The Morgan fingerprint density at radius 3 is 2.59 bits per heavy atom. The Hall–Kier alpha value is -3.64. The van der Waals surface area contributed by atoms with Crippen molar-refractivity contribution in [3.05, 3.63) is 89.7 Å². The first-order chi connectivity index (χ1) is 16.5. The number of carbonyl (C=O) groups excluding carboxylic acids is 1. The van der Waals surface area contributed by atoms with Crippen LogP contribution in [-0.4, -0.2) is 39.8 Å². The highest BCUT2D eigenvalue weighted by atomic mass is 16.5. The van der Waals surface area contributed by atoms with E-state index in [4.69, 9.17) is 9.72 Å². The van der Waals surface area contributed by atoms with Crippen LogP contribution in [0.2, 0.25) is 0 Å². The Bertz CT molecular complexity index is 1330. The van der Waals surface area contributed by atoms with Gasteiger partial charge in [-0.25, -0.2) is 4.98 Å². The van der Waals surface area contributed by atoms with Gasteiger partial charge in [0.15, 0.2) is 0 Å². The number of para-hydroxylation sites is 2. The second kappa shape index (κ2) is 9.31. The Labute approximate surface area is 199 Å². The number of aromatic nitrogens is 2. The molecule has 6 nitrogen and oxygen atoms in total. The van der Waals surface area contributed by atoms with Crippen LogP contribution in [0, 0.1) is 13.8 Å². The van der Waals surface area contributed by atoms with Gasteiger partial charge < -0.3 is 19.3 Å². The Kier molecular flexibility index (Phi) is 6.07. The Balaban J connectivity index is 1.38. The van der Waals surface area contributed by atoms with E-state index in [1.807, 2.05) is 91.5 Å². The lowest BCUT2D eigenvalue weighted by molar-refractivity contribution is -0.117. The number of amides is 1. The average Bonchev–Trinajstić information content (AvgIpc) is 3.38. The predicted octanol–water partition coefficient (Wildman–Crippen LogP) is 4.61. The minimum Gasteiger partial charge on any atom is -0.491 e. The van der Waals surface area contributed by atoms with Crippen molar-refractivity contribution in [3.8, 4) is 5.75 Å². The highest BCUT2D eigenvalue weighted by molar-refractivity contribution is 5.96. The quantitative estimate of drug-likeness (QED) is 0.442. The molecule has 34 heavy (non-hydrogen) atoms. The van der Waals surface area contributed by atoms with Gasteiger partial charge in [0, 0.05) is 24.6 Å². The normalized spacial score (nSPS) is 16.9. The molecule has 1 aliphatic rings. The molecule has 0 aliphatic carbocycles. The fourth-order valence-corrected chi connectivity index (χ4v) is 4.68. The Morgan fingerprint density at radius 1 is 1.03 bits per heavy atom. The molecule has 1 amide bonds. The van der Waals surface area contributed by atoms with E-state index in [1.54, 1.807) is 0 Å². The van der Waals surface area contributed by atoms with Gasteiger partial charge in [0.2, 0.25) is 5.91 Å². The van der Waals surface area contributed by atoms with Crippen LogP contribution in [0.4, 0.5) is 5.69 Å². The summed E-state index contributed by atoms with van der Waals surface area (Å²) in [5.41, 5.74) is 4.97. The molecule has 2 heterocycles. The topological polar surface area (TPSA) is 67.6 Å². The average molecular weight is 456 g/mol. The summed E-state index contributed by atoms with van der Waals surface area (Å²) in [6.45, 7) is 5.13. The number of anilines is 1. The summed E-state index contributed by atoms with van der Waals surface area (Å²) in [4.78, 5) is 19.7. The third-order valence-electron chi connectivity index (χ3n) is 6.31. The Morgan fingerprint density at radius 2 is 1.79 bits per heavy atom. The lowest BCUT2D eigenvalue weighted by Crippen LogP contribution is -2.26. The van der Waals surface area contributed by atoms with Gasteiger partial charge in [0.25, 0.3) is 0 Å². The van der Waals surface area contributed by atoms with Crippen molar-refractivity contribution in [1.29, 1.82) is 0 Å². The molecule has 0 spiro atoms. The lowest BCUT2D eigenvalue weighted by atomic mass is 10.1. The van der Waals surface area contributed by atoms with E-state index in [0.29, 0.717) is 19.5 Å². The summed E-state index contributed by atoms with van der Waals surface area (Å²) in [6.07, 6.45) is -0.325. The molecular weight excluding hydrogens is 426 g/mol. The number of fused-ring (bicyclic) bond motifs is 1. The van der Waals surface area contributed by atoms with Gasteiger partial charge in [0.05, 0.1) is 17.6 Å². The summed E-state index contributed by atoms with van der Waals surface area (Å²) in [6, 6.07) is 23.7. The van der Waals surface area contributed by atoms with Crippen LogP contribution in [-0.2, 0) is 11.3 Å². The number of imidazole rings is 1. The van der Waals surface area contributed by atoms with Crippen LogP contribution >= 0.6 is 0 Å². The summed E-state index contributed by atoms with van der Waals surface area (Å²) in [5, 5.41) is 10.8. The molecular formula is C28H29N3O3. The molecule has 0 saturated carbocycles. The second-order valence-electron chi connectivity index (χ2n) is 9.10. The van der Waals surface area contributed by atoms with E-state index in [1.165, 1.54) is 0 Å². The molecule has 174 valence electrons. The minimum absolute atomic E-state index is 0.0506. The number of aliphatic hydroxyl groups is 1. The molecule has 1 saturated heterocycles. The number of aliphatic hydroxyl groups excluding tert-OH is 1. The standard InChI is InChI=1S/C28H29N3O3/c1-19-7-5-9-22(13-19)30-16-21(15-27(30)33)28-29-25-11-3-4-12-26(25)31(28)17-23(32)18-34-24-10-6-8-20(2)14-24/h3-14,21,23,32H,15-18H2,1-2H3. The van der Waals surface area contributed by atoms with Crippen molar-refractivity contribution >= 4 is 22.6 Å². The van der Waals surface area contributed by atoms with Crippen LogP contribution < -0.4 is 9.64 Å². The van der Waals surface area contributed by atoms with E-state index in [0.717, 1.165) is 39.4 Å². The summed E-state index contributed by atoms with van der Waals surface area (Å²) in [5.74, 6) is 1.62. The summed E-state index contributed by atoms with van der Waals surface area (Å²) in [7, 11) is 0. The third-order valence-corrected chi connectivity index (χ3v) is 6.31. The van der Waals surface area contributed by atoms with E-state index >= 15 is 0 Å². The van der Waals surface area contributed by atoms with Crippen molar-refractivity contribution in [3.63, 3.8) is 0 Å². The maximum atomic E-state index is 12.9. The van der Waals surface area contributed by atoms with E-state index < -0.39 is 6.10 Å². The monoisotopic (exact) mass is 455 g/mol. The number of hydrogen-bond acceptors (Lipinski definition) is 4. The molecule has 6 heteroatoms. The van der Waals surface area contributed by atoms with Crippen molar-refractivity contribution in [2.75, 3.05) is 18.1 Å². The molecule has 0 bridgehead atoms. The second-order valence-corrected chi connectivity index (χ2v) is 9.10. The lowest BCUT2D eigenvalue weighted by Gasteiger charge is -2.19. The first-order valence-corrected chi connectivity index (χ1v) is 11.7. The maximum Gasteiger partial charge on any atom is 0.227 e. The van der Waals surface area contributed by atoms with Gasteiger partial charge in [-0.2, -0.15) is 0 Å². The van der Waals surface area contributed by atoms with E-state index in [-0.39, 0.29) is 18.4 Å². The number of hydrogen-bond donors (Lipinski definition) is 1. The van der Waals surface area contributed by atoms with Gasteiger partial charge >= 0.3 is 0 Å². The number of ether oxygens (including phenoxy) is 1. The number of benzene rings is 3. The highest BCUT2D eigenvalue weighted by Gasteiger charge is 2.35. The van der Waals surface area contributed by atoms with Gasteiger partial charge in [-0.15, -0.1) is 0 Å². The number of rotatable bonds is 7. The molecule has 1 fully saturated rings. The summed E-state index contributed by atoms with van der Waals surface area (Å²) < 4.78 is 7.88. The molecule has 4 aromatic rings. The van der Waals surface area contributed by atoms with Crippen LogP contribution in [0.5, 0.6) is 5.75 Å².